The van der Waals surface area contributed by atoms with E-state index in [0.717, 1.165) is 35.7 Å². The maximum atomic E-state index is 10.3. The number of aliphatic hydroxyl groups excluding tert-OH is 4. The number of benzene rings is 1. The van der Waals surface area contributed by atoms with Gasteiger partial charge in [-0.15, -0.1) is 0 Å². The summed E-state index contributed by atoms with van der Waals surface area (Å²) in [5, 5.41) is 41.0. The van der Waals surface area contributed by atoms with Crippen LogP contribution < -0.4 is 4.74 Å². The summed E-state index contributed by atoms with van der Waals surface area (Å²) in [5.41, 5.74) is 3.83. The molecule has 1 saturated carbocycles. The van der Waals surface area contributed by atoms with Gasteiger partial charge in [-0.1, -0.05) is 13.3 Å². The molecule has 5 aliphatic rings. The van der Waals surface area contributed by atoms with E-state index < -0.39 is 37.3 Å². The van der Waals surface area contributed by atoms with Crippen molar-refractivity contribution in [2.24, 2.45) is 11.8 Å². The molecule has 4 unspecified atom stereocenters. The number of nitrogens with zero attached hydrogens (tertiary/aromatic N) is 1. The molecule has 180 valence electrons. The lowest BCUT2D eigenvalue weighted by atomic mass is 9.65. The molecule has 33 heavy (non-hydrogen) atoms. The molecule has 7 rings (SSSR count). The molecule has 8 heteroatoms. The minimum Gasteiger partial charge on any atom is -0.462 e. The molecule has 1 aromatic carbocycles. The van der Waals surface area contributed by atoms with Crippen molar-refractivity contribution >= 4 is 10.9 Å². The summed E-state index contributed by atoms with van der Waals surface area (Å²) in [6.45, 7) is 4.15. The van der Waals surface area contributed by atoms with E-state index >= 15 is 0 Å². The van der Waals surface area contributed by atoms with Crippen LogP contribution in [0.25, 0.3) is 10.9 Å². The van der Waals surface area contributed by atoms with Crippen LogP contribution in [0.2, 0.25) is 0 Å². The lowest BCUT2D eigenvalue weighted by molar-refractivity contribution is -0.277. The van der Waals surface area contributed by atoms with Gasteiger partial charge in [-0.25, -0.2) is 0 Å². The molecule has 4 fully saturated rings. The number of rotatable bonds is 4. The Labute approximate surface area is 193 Å². The molecule has 1 aromatic heterocycles. The predicted octanol–water partition coefficient (Wildman–Crippen LogP) is 1.11. The van der Waals surface area contributed by atoms with Gasteiger partial charge in [0.05, 0.1) is 6.61 Å². The van der Waals surface area contributed by atoms with Gasteiger partial charge in [0.2, 0.25) is 6.29 Å². The fraction of sp³-hybridized carbons (Fsp3) is 0.680. The number of H-pyrrole nitrogens is 1. The zero-order valence-corrected chi connectivity index (χ0v) is 18.9. The third-order valence-electron chi connectivity index (χ3n) is 8.59. The molecule has 8 nitrogen and oxygen atoms in total. The smallest absolute Gasteiger partial charge is 0.229 e. The van der Waals surface area contributed by atoms with Gasteiger partial charge < -0.3 is 34.9 Å². The number of fused-ring (bicyclic) bond motifs is 4. The molecule has 3 saturated heterocycles. The number of aliphatic hydroxyl groups is 4. The van der Waals surface area contributed by atoms with Crippen molar-refractivity contribution in [3.63, 3.8) is 0 Å². The Balaban J connectivity index is 1.31. The van der Waals surface area contributed by atoms with E-state index in [1.54, 1.807) is 0 Å². The molecule has 0 amide bonds. The van der Waals surface area contributed by atoms with Crippen molar-refractivity contribution in [3.05, 3.63) is 29.5 Å². The highest BCUT2D eigenvalue weighted by Crippen LogP contribution is 2.51. The minimum atomic E-state index is -1.46. The van der Waals surface area contributed by atoms with Gasteiger partial charge in [-0.2, -0.15) is 0 Å². The van der Waals surface area contributed by atoms with Crippen LogP contribution in [0, 0.1) is 11.8 Å². The molecule has 10 atom stereocenters. The quantitative estimate of drug-likeness (QED) is 0.466. The number of hydrogen-bond acceptors (Lipinski definition) is 7. The van der Waals surface area contributed by atoms with Crippen molar-refractivity contribution in [2.45, 2.75) is 75.3 Å². The Hall–Kier alpha value is -1.68. The van der Waals surface area contributed by atoms with Crippen LogP contribution in [0.5, 0.6) is 5.75 Å². The number of aromatic amines is 1. The van der Waals surface area contributed by atoms with Crippen molar-refractivity contribution in [2.75, 3.05) is 19.7 Å². The first-order valence-electron chi connectivity index (χ1n) is 12.3. The maximum absolute atomic E-state index is 10.3. The monoisotopic (exact) mass is 458 g/mol. The Kier molecular flexibility index (Phi) is 5.44. The second kappa shape index (κ2) is 8.22. The fourth-order valence-corrected chi connectivity index (χ4v) is 7.04. The lowest BCUT2D eigenvalue weighted by Gasteiger charge is -2.53. The molecule has 5 heterocycles. The summed E-state index contributed by atoms with van der Waals surface area (Å²) in [7, 11) is 0. The number of ether oxygens (including phenoxy) is 2. The second-order valence-electron chi connectivity index (χ2n) is 10.4. The van der Waals surface area contributed by atoms with Crippen LogP contribution in [0.15, 0.2) is 18.2 Å². The highest BCUT2D eigenvalue weighted by atomic mass is 16.7. The summed E-state index contributed by atoms with van der Waals surface area (Å²) in [4.78, 5) is 6.47. The van der Waals surface area contributed by atoms with Gasteiger partial charge >= 0.3 is 0 Å². The molecular formula is C25H34N2O6. The summed E-state index contributed by atoms with van der Waals surface area (Å²) in [6.07, 6.45) is -1.59. The van der Waals surface area contributed by atoms with Gasteiger partial charge in [0.15, 0.2) is 0 Å². The molecule has 4 aliphatic heterocycles. The molecule has 0 spiro atoms. The van der Waals surface area contributed by atoms with Crippen LogP contribution in [0.4, 0.5) is 0 Å². The van der Waals surface area contributed by atoms with Gasteiger partial charge in [0.1, 0.15) is 30.2 Å². The molecule has 1 aliphatic carbocycles. The van der Waals surface area contributed by atoms with Gasteiger partial charge in [0.25, 0.3) is 0 Å². The average molecular weight is 459 g/mol. The molecule has 2 aromatic rings. The first-order valence-corrected chi connectivity index (χ1v) is 12.3. The summed E-state index contributed by atoms with van der Waals surface area (Å²) in [5.74, 6) is 2.62. The second-order valence-corrected chi connectivity index (χ2v) is 10.4. The van der Waals surface area contributed by atoms with E-state index in [4.69, 9.17) is 9.47 Å². The van der Waals surface area contributed by atoms with E-state index in [9.17, 15) is 20.4 Å². The van der Waals surface area contributed by atoms with Gasteiger partial charge in [0, 0.05) is 41.6 Å². The number of nitrogens with one attached hydrogen (secondary N) is 1. The Morgan fingerprint density at radius 2 is 2.00 bits per heavy atom. The summed E-state index contributed by atoms with van der Waals surface area (Å²) < 4.78 is 11.4. The first-order chi connectivity index (χ1) is 16.0. The van der Waals surface area contributed by atoms with Crippen molar-refractivity contribution in [1.82, 2.24) is 9.88 Å². The van der Waals surface area contributed by atoms with E-state index in [-0.39, 0.29) is 0 Å². The lowest BCUT2D eigenvalue weighted by Crippen LogP contribution is -2.60. The van der Waals surface area contributed by atoms with Crippen LogP contribution >= 0.6 is 0 Å². The highest BCUT2D eigenvalue weighted by molar-refractivity contribution is 5.86. The molecule has 4 bridgehead atoms. The average Bonchev–Trinajstić information content (AvgIpc) is 3.15. The molecule has 5 N–H and O–H groups in total. The third kappa shape index (κ3) is 3.42. The van der Waals surface area contributed by atoms with Gasteiger partial charge in [-0.3, -0.25) is 4.90 Å². The van der Waals surface area contributed by atoms with Crippen LogP contribution in [-0.2, 0) is 11.2 Å². The molecule has 0 radical (unpaired) electrons. The van der Waals surface area contributed by atoms with Gasteiger partial charge in [-0.05, 0) is 54.9 Å². The minimum absolute atomic E-state index is 0.478. The maximum Gasteiger partial charge on any atom is 0.229 e. The highest BCUT2D eigenvalue weighted by Gasteiger charge is 2.49. The van der Waals surface area contributed by atoms with E-state index in [2.05, 4.69) is 16.8 Å². The van der Waals surface area contributed by atoms with Crippen LogP contribution in [-0.4, -0.2) is 86.8 Å². The number of aromatic nitrogens is 1. The Morgan fingerprint density at radius 1 is 1.15 bits per heavy atom. The van der Waals surface area contributed by atoms with Crippen molar-refractivity contribution < 1.29 is 29.9 Å². The number of hydrogen-bond donors (Lipinski definition) is 5. The largest absolute Gasteiger partial charge is 0.462 e. The van der Waals surface area contributed by atoms with Crippen molar-refractivity contribution in [3.8, 4) is 5.75 Å². The van der Waals surface area contributed by atoms with E-state index in [1.165, 1.54) is 37.1 Å². The number of piperidine rings is 2. The zero-order valence-electron chi connectivity index (χ0n) is 18.9. The van der Waals surface area contributed by atoms with Crippen molar-refractivity contribution in [1.29, 1.82) is 0 Å². The SMILES string of the molecule is CC[C@H]1C[C@H]2C[C@H]3c4[nH]c5ccc(O[C@H]6OC(CO)[C@@H](O)C(O)[C@H]6O)cc5c4CCN(C2)C13. The van der Waals surface area contributed by atoms with Crippen LogP contribution in [0.3, 0.4) is 0 Å². The third-order valence-corrected chi connectivity index (χ3v) is 8.59. The summed E-state index contributed by atoms with van der Waals surface area (Å²) in [6, 6.07) is 6.43. The van der Waals surface area contributed by atoms with Crippen LogP contribution in [0.1, 0.15) is 43.4 Å². The predicted molar refractivity (Wildman–Crippen MR) is 121 cm³/mol. The Bertz CT molecular complexity index is 1020. The zero-order chi connectivity index (χ0) is 22.9. The fourth-order valence-electron chi connectivity index (χ4n) is 7.04. The normalized spacial score (nSPS) is 42.2. The topological polar surface area (TPSA) is 118 Å². The van der Waals surface area contributed by atoms with E-state index in [1.807, 2.05) is 18.2 Å². The first kappa shape index (κ1) is 21.8. The summed E-state index contributed by atoms with van der Waals surface area (Å²) >= 11 is 0. The standard InChI is InChI=1S/C25H34N2O6/c1-2-13-7-12-8-17-20-15(5-6-27(10-12)21(13)17)16-9-14(3-4-18(16)26-20)32-25-24(31)23(30)22(29)19(11-28)33-25/h3-4,9,12-13,17,19,21-26,28-31H,2,5-8,10-11H2,1H3/t12-,13-,17-,19?,21?,22+,23?,24+,25-/m0/s1. The van der Waals surface area contributed by atoms with E-state index in [0.29, 0.717) is 17.7 Å². The molecular weight excluding hydrogens is 424 g/mol. The Morgan fingerprint density at radius 3 is 2.79 bits per heavy atom.